The second-order valence-corrected chi connectivity index (χ2v) is 8.38. The van der Waals surface area contributed by atoms with Gasteiger partial charge in [0, 0.05) is 11.4 Å². The molecule has 2 amide bonds. The Labute approximate surface area is 202 Å². The summed E-state index contributed by atoms with van der Waals surface area (Å²) in [5, 5.41) is 3.54. The molecule has 0 saturated carbocycles. The molecule has 0 spiro atoms. The van der Waals surface area contributed by atoms with Gasteiger partial charge in [0.25, 0.3) is 5.91 Å². The van der Waals surface area contributed by atoms with Crippen LogP contribution >= 0.6 is 11.6 Å². The molecule has 1 aliphatic rings. The van der Waals surface area contributed by atoms with E-state index in [9.17, 15) is 9.59 Å². The van der Waals surface area contributed by atoms with Crippen molar-refractivity contribution in [1.82, 2.24) is 0 Å². The van der Waals surface area contributed by atoms with E-state index in [1.807, 2.05) is 42.5 Å². The van der Waals surface area contributed by atoms with E-state index in [1.54, 1.807) is 65.6 Å². The third-order valence-electron chi connectivity index (χ3n) is 5.69. The highest BCUT2D eigenvalue weighted by Gasteiger charge is 2.37. The minimum Gasteiger partial charge on any atom is -0.455 e. The van der Waals surface area contributed by atoms with E-state index in [4.69, 9.17) is 16.3 Å². The molecule has 0 fully saturated rings. The number of hydrogen-bond donors (Lipinski definition) is 1. The number of anilines is 2. The van der Waals surface area contributed by atoms with Gasteiger partial charge in [-0.15, -0.1) is 0 Å². The summed E-state index contributed by atoms with van der Waals surface area (Å²) >= 11 is 6.01. The first-order chi connectivity index (χ1) is 16.6. The van der Waals surface area contributed by atoms with Gasteiger partial charge in [-0.05, 0) is 54.1 Å². The van der Waals surface area contributed by atoms with Crippen LogP contribution in [0.2, 0.25) is 5.02 Å². The molecule has 5 nitrogen and oxygen atoms in total. The monoisotopic (exact) mass is 468 g/mol. The Bertz CT molecular complexity index is 1340. The number of hydrogen-bond acceptors (Lipinski definition) is 3. The van der Waals surface area contributed by atoms with Crippen molar-refractivity contribution in [3.8, 4) is 11.5 Å². The fourth-order valence-corrected chi connectivity index (χ4v) is 4.18. The summed E-state index contributed by atoms with van der Waals surface area (Å²) in [4.78, 5) is 28.9. The zero-order valence-corrected chi connectivity index (χ0v) is 18.9. The third-order valence-corrected chi connectivity index (χ3v) is 5.94. The van der Waals surface area contributed by atoms with E-state index in [0.717, 1.165) is 5.56 Å². The Hall–Kier alpha value is -4.09. The van der Waals surface area contributed by atoms with Crippen molar-refractivity contribution in [2.75, 3.05) is 10.2 Å². The summed E-state index contributed by atoms with van der Waals surface area (Å²) in [6.45, 7) is 0. The van der Waals surface area contributed by atoms with Crippen LogP contribution in [0.5, 0.6) is 11.5 Å². The maximum Gasteiger partial charge on any atom is 0.261 e. The van der Waals surface area contributed by atoms with Gasteiger partial charge < -0.3 is 10.1 Å². The predicted molar refractivity (Wildman–Crippen MR) is 134 cm³/mol. The van der Waals surface area contributed by atoms with Crippen molar-refractivity contribution in [2.45, 2.75) is 12.5 Å². The standard InChI is InChI=1S/C28H21ClN2O3/c29-20-14-16-21(17-15-20)34-26-13-7-6-12-24(26)31-25(18-19-8-2-1-3-9-19)27(32)30-23-11-5-4-10-22(23)28(31)33/h1-17,25H,18H2,(H,30,32)/t25-/m0/s1. The van der Waals surface area contributed by atoms with E-state index >= 15 is 0 Å². The molecular formula is C28H21ClN2O3. The molecule has 34 heavy (non-hydrogen) atoms. The molecule has 4 aromatic rings. The Balaban J connectivity index is 1.62. The minimum atomic E-state index is -0.780. The van der Waals surface area contributed by atoms with E-state index in [-0.39, 0.29) is 11.8 Å². The minimum absolute atomic E-state index is 0.261. The lowest BCUT2D eigenvalue weighted by Crippen LogP contribution is -2.47. The normalized spacial score (nSPS) is 15.3. The molecule has 0 bridgehead atoms. The molecule has 0 radical (unpaired) electrons. The fraction of sp³-hybridized carbons (Fsp3) is 0.0714. The van der Waals surface area contributed by atoms with Gasteiger partial charge in [-0.1, -0.05) is 66.2 Å². The molecule has 0 saturated heterocycles. The smallest absolute Gasteiger partial charge is 0.261 e. The molecular weight excluding hydrogens is 448 g/mol. The van der Waals surface area contributed by atoms with Crippen molar-refractivity contribution >= 4 is 34.8 Å². The van der Waals surface area contributed by atoms with E-state index in [1.165, 1.54) is 0 Å². The molecule has 0 aromatic heterocycles. The third kappa shape index (κ3) is 4.38. The summed E-state index contributed by atoms with van der Waals surface area (Å²) in [5.74, 6) is 0.498. The van der Waals surface area contributed by atoms with Gasteiger partial charge in [-0.3, -0.25) is 14.5 Å². The number of fused-ring (bicyclic) bond motifs is 1. The lowest BCUT2D eigenvalue weighted by molar-refractivity contribution is -0.117. The Kier molecular flexibility index (Phi) is 6.02. The predicted octanol–water partition coefficient (Wildman–Crippen LogP) is 6.34. The topological polar surface area (TPSA) is 58.6 Å². The number of nitrogens with zero attached hydrogens (tertiary/aromatic N) is 1. The molecule has 0 unspecified atom stereocenters. The van der Waals surface area contributed by atoms with Crippen LogP contribution in [-0.4, -0.2) is 17.9 Å². The maximum absolute atomic E-state index is 13.9. The fourth-order valence-electron chi connectivity index (χ4n) is 4.05. The van der Waals surface area contributed by atoms with Gasteiger partial charge in [-0.2, -0.15) is 0 Å². The largest absolute Gasteiger partial charge is 0.455 e. The molecule has 1 aliphatic heterocycles. The second-order valence-electron chi connectivity index (χ2n) is 7.94. The highest BCUT2D eigenvalue weighted by Crippen LogP contribution is 2.37. The average Bonchev–Trinajstić information content (AvgIpc) is 2.96. The molecule has 4 aromatic carbocycles. The molecule has 1 heterocycles. The number of para-hydroxylation sites is 3. The number of benzene rings is 4. The van der Waals surface area contributed by atoms with E-state index < -0.39 is 6.04 Å². The Morgan fingerprint density at radius 3 is 2.26 bits per heavy atom. The Morgan fingerprint density at radius 2 is 1.47 bits per heavy atom. The van der Waals surface area contributed by atoms with Crippen molar-refractivity contribution in [2.24, 2.45) is 0 Å². The van der Waals surface area contributed by atoms with Crippen LogP contribution in [0.1, 0.15) is 15.9 Å². The molecule has 6 heteroatoms. The van der Waals surface area contributed by atoms with Crippen molar-refractivity contribution < 1.29 is 14.3 Å². The second kappa shape index (κ2) is 9.41. The molecule has 0 aliphatic carbocycles. The number of amides is 2. The summed E-state index contributed by atoms with van der Waals surface area (Å²) in [6.07, 6.45) is 0.349. The quantitative estimate of drug-likeness (QED) is 0.371. The average molecular weight is 469 g/mol. The van der Waals surface area contributed by atoms with Crippen LogP contribution in [0.3, 0.4) is 0 Å². The van der Waals surface area contributed by atoms with Crippen LogP contribution < -0.4 is 15.0 Å². The number of rotatable bonds is 5. The first-order valence-corrected chi connectivity index (χ1v) is 11.3. The number of nitrogens with one attached hydrogen (secondary N) is 1. The summed E-state index contributed by atoms with van der Waals surface area (Å²) in [7, 11) is 0. The molecule has 5 rings (SSSR count). The zero-order valence-electron chi connectivity index (χ0n) is 18.1. The molecule has 1 atom stereocenters. The van der Waals surface area contributed by atoms with Crippen LogP contribution in [0.25, 0.3) is 0 Å². The number of carbonyl (C=O) groups is 2. The van der Waals surface area contributed by atoms with Gasteiger partial charge in [0.2, 0.25) is 5.91 Å². The number of ether oxygens (including phenoxy) is 1. The van der Waals surface area contributed by atoms with Gasteiger partial charge in [0.15, 0.2) is 5.75 Å². The van der Waals surface area contributed by atoms with Crippen molar-refractivity contribution in [1.29, 1.82) is 0 Å². The Morgan fingerprint density at radius 1 is 0.794 bits per heavy atom. The first kappa shape index (κ1) is 21.7. The van der Waals surface area contributed by atoms with Crippen molar-refractivity contribution in [3.63, 3.8) is 0 Å². The first-order valence-electron chi connectivity index (χ1n) is 10.9. The highest BCUT2D eigenvalue weighted by molar-refractivity contribution is 6.30. The molecule has 168 valence electrons. The van der Waals surface area contributed by atoms with Crippen LogP contribution in [0.15, 0.2) is 103 Å². The highest BCUT2D eigenvalue weighted by atomic mass is 35.5. The van der Waals surface area contributed by atoms with E-state index in [2.05, 4.69) is 5.32 Å². The van der Waals surface area contributed by atoms with Gasteiger partial charge in [-0.25, -0.2) is 0 Å². The van der Waals surface area contributed by atoms with Gasteiger partial charge in [0.05, 0.1) is 16.9 Å². The van der Waals surface area contributed by atoms with Crippen LogP contribution in [0, 0.1) is 0 Å². The SMILES string of the molecule is O=C1Nc2ccccc2C(=O)N(c2ccccc2Oc2ccc(Cl)cc2)[C@H]1Cc1ccccc1. The zero-order chi connectivity index (χ0) is 23.5. The van der Waals surface area contributed by atoms with Gasteiger partial charge >= 0.3 is 0 Å². The summed E-state index contributed by atoms with van der Waals surface area (Å²) in [6, 6.07) is 30.1. The lowest BCUT2D eigenvalue weighted by Gasteiger charge is -2.30. The lowest BCUT2D eigenvalue weighted by atomic mass is 10.0. The molecule has 1 N–H and O–H groups in total. The van der Waals surface area contributed by atoms with E-state index in [0.29, 0.717) is 39.9 Å². The number of carbonyl (C=O) groups excluding carboxylic acids is 2. The summed E-state index contributed by atoms with van der Waals surface area (Å²) < 4.78 is 6.14. The summed E-state index contributed by atoms with van der Waals surface area (Å²) in [5.41, 5.74) is 2.37. The van der Waals surface area contributed by atoms with Crippen molar-refractivity contribution in [3.05, 3.63) is 119 Å². The maximum atomic E-state index is 13.9. The van der Waals surface area contributed by atoms with Gasteiger partial charge in [0.1, 0.15) is 11.8 Å². The van der Waals surface area contributed by atoms with Crippen LogP contribution in [0.4, 0.5) is 11.4 Å². The number of halogens is 1. The van der Waals surface area contributed by atoms with Crippen LogP contribution in [-0.2, 0) is 11.2 Å².